The van der Waals surface area contributed by atoms with Gasteiger partial charge in [-0.15, -0.1) is 6.42 Å². The fourth-order valence-corrected chi connectivity index (χ4v) is 1.59. The molecule has 1 unspecified atom stereocenters. The van der Waals surface area contributed by atoms with E-state index in [1.165, 1.54) is 19.3 Å². The van der Waals surface area contributed by atoms with Crippen LogP contribution in [-0.4, -0.2) is 11.2 Å². The molecule has 1 atom stereocenters. The second kappa shape index (κ2) is 2.87. The summed E-state index contributed by atoms with van der Waals surface area (Å²) in [6.07, 6.45) is 8.35. The molecule has 0 spiro atoms. The summed E-state index contributed by atoms with van der Waals surface area (Å²) in [7, 11) is 0. The van der Waals surface area contributed by atoms with Gasteiger partial charge in [-0.2, -0.15) is 0 Å². The largest absolute Gasteiger partial charge is 0.380 e. The number of aliphatic hydroxyl groups excluding tert-OH is 1. The van der Waals surface area contributed by atoms with Gasteiger partial charge in [0.1, 0.15) is 6.10 Å². The van der Waals surface area contributed by atoms with Crippen molar-refractivity contribution in [3.8, 4) is 12.3 Å². The smallest absolute Gasteiger partial charge is 0.119 e. The molecule has 0 amide bonds. The maximum absolute atomic E-state index is 9.48. The van der Waals surface area contributed by atoms with Gasteiger partial charge in [0.25, 0.3) is 0 Å². The van der Waals surface area contributed by atoms with E-state index in [0.717, 1.165) is 0 Å². The summed E-state index contributed by atoms with van der Waals surface area (Å²) >= 11 is 0. The highest BCUT2D eigenvalue weighted by Gasteiger charge is 2.38. The topological polar surface area (TPSA) is 20.2 Å². The van der Waals surface area contributed by atoms with E-state index in [2.05, 4.69) is 19.8 Å². The van der Waals surface area contributed by atoms with Crippen molar-refractivity contribution in [1.82, 2.24) is 0 Å². The second-order valence-electron chi connectivity index (χ2n) is 4.02. The lowest BCUT2D eigenvalue weighted by Gasteiger charge is -2.41. The molecule has 1 N–H and O–H groups in total. The minimum atomic E-state index is -0.576. The number of terminal acetylenes is 1. The summed E-state index contributed by atoms with van der Waals surface area (Å²) in [6.45, 7) is 4.11. The Bertz CT molecular complexity index is 172. The molecule has 1 heteroatoms. The van der Waals surface area contributed by atoms with E-state index in [1.807, 2.05) is 0 Å². The molecular formula is C10H16O. The van der Waals surface area contributed by atoms with E-state index in [4.69, 9.17) is 6.42 Å². The third-order valence-corrected chi connectivity index (χ3v) is 3.02. The zero-order valence-electron chi connectivity index (χ0n) is 7.30. The van der Waals surface area contributed by atoms with Gasteiger partial charge >= 0.3 is 0 Å². The summed E-state index contributed by atoms with van der Waals surface area (Å²) in [4.78, 5) is 0. The summed E-state index contributed by atoms with van der Waals surface area (Å²) in [5.74, 6) is 3.04. The van der Waals surface area contributed by atoms with Gasteiger partial charge in [-0.25, -0.2) is 0 Å². The van der Waals surface area contributed by atoms with Crippen LogP contribution in [0.5, 0.6) is 0 Å². The molecule has 1 rings (SSSR count). The van der Waals surface area contributed by atoms with Crippen LogP contribution in [0.2, 0.25) is 0 Å². The van der Waals surface area contributed by atoms with Crippen LogP contribution in [0.1, 0.15) is 33.1 Å². The highest BCUT2D eigenvalue weighted by atomic mass is 16.3. The predicted octanol–water partition coefficient (Wildman–Crippen LogP) is 1.81. The summed E-state index contributed by atoms with van der Waals surface area (Å²) in [5.41, 5.74) is -0.0764. The quantitative estimate of drug-likeness (QED) is 0.598. The lowest BCUT2D eigenvalue weighted by atomic mass is 9.65. The van der Waals surface area contributed by atoms with Crippen LogP contribution in [0.4, 0.5) is 0 Å². The Morgan fingerprint density at radius 3 is 2.36 bits per heavy atom. The molecule has 62 valence electrons. The van der Waals surface area contributed by atoms with Crippen LogP contribution in [0.25, 0.3) is 0 Å². The van der Waals surface area contributed by atoms with Crippen molar-refractivity contribution < 1.29 is 5.11 Å². The van der Waals surface area contributed by atoms with Crippen LogP contribution in [0.15, 0.2) is 0 Å². The Labute approximate surface area is 68.8 Å². The van der Waals surface area contributed by atoms with Gasteiger partial charge in [-0.05, 0) is 18.8 Å². The first-order valence-corrected chi connectivity index (χ1v) is 4.23. The van der Waals surface area contributed by atoms with Crippen LogP contribution in [0, 0.1) is 23.7 Å². The molecule has 0 aromatic rings. The minimum absolute atomic E-state index is 0.0764. The molecule has 0 bridgehead atoms. The average Bonchev–Trinajstić information content (AvgIpc) is 1.81. The fourth-order valence-electron chi connectivity index (χ4n) is 1.59. The van der Waals surface area contributed by atoms with E-state index in [9.17, 15) is 5.11 Å². The standard InChI is InChI=1S/C10H16O/c1-4-9(11)10(2,3)8-6-5-7-8/h1,8-9,11H,5-7H2,2-3H3. The molecule has 0 radical (unpaired) electrons. The summed E-state index contributed by atoms with van der Waals surface area (Å²) in [5, 5.41) is 9.48. The molecule has 0 saturated heterocycles. The second-order valence-corrected chi connectivity index (χ2v) is 4.02. The summed E-state index contributed by atoms with van der Waals surface area (Å²) in [6, 6.07) is 0. The van der Waals surface area contributed by atoms with E-state index < -0.39 is 6.10 Å². The van der Waals surface area contributed by atoms with E-state index in [1.54, 1.807) is 0 Å². The van der Waals surface area contributed by atoms with Gasteiger partial charge in [0.15, 0.2) is 0 Å². The highest BCUT2D eigenvalue weighted by molar-refractivity contribution is 5.04. The number of aliphatic hydroxyl groups is 1. The van der Waals surface area contributed by atoms with Gasteiger partial charge < -0.3 is 5.11 Å². The Morgan fingerprint density at radius 1 is 1.55 bits per heavy atom. The molecule has 0 aromatic carbocycles. The molecule has 0 aromatic heterocycles. The first-order chi connectivity index (χ1) is 5.09. The lowest BCUT2D eigenvalue weighted by molar-refractivity contribution is 0.0112. The monoisotopic (exact) mass is 152 g/mol. The molecule has 0 aliphatic heterocycles. The average molecular weight is 152 g/mol. The number of hydrogen-bond donors (Lipinski definition) is 1. The summed E-state index contributed by atoms with van der Waals surface area (Å²) < 4.78 is 0. The molecule has 1 fully saturated rings. The van der Waals surface area contributed by atoms with Crippen molar-refractivity contribution in [3.05, 3.63) is 0 Å². The maximum atomic E-state index is 9.48. The zero-order chi connectivity index (χ0) is 8.48. The molecule has 1 aliphatic carbocycles. The van der Waals surface area contributed by atoms with Gasteiger partial charge in [-0.1, -0.05) is 26.2 Å². The maximum Gasteiger partial charge on any atom is 0.119 e. The van der Waals surface area contributed by atoms with Crippen molar-refractivity contribution in [2.75, 3.05) is 0 Å². The first kappa shape index (κ1) is 8.62. The van der Waals surface area contributed by atoms with Crippen LogP contribution in [0.3, 0.4) is 0 Å². The van der Waals surface area contributed by atoms with Crippen molar-refractivity contribution in [1.29, 1.82) is 0 Å². The van der Waals surface area contributed by atoms with Crippen molar-refractivity contribution in [2.24, 2.45) is 11.3 Å². The molecule has 11 heavy (non-hydrogen) atoms. The van der Waals surface area contributed by atoms with Crippen molar-refractivity contribution in [2.45, 2.75) is 39.2 Å². The fraction of sp³-hybridized carbons (Fsp3) is 0.800. The van der Waals surface area contributed by atoms with Crippen LogP contribution < -0.4 is 0 Å². The molecule has 1 aliphatic rings. The van der Waals surface area contributed by atoms with E-state index >= 15 is 0 Å². The van der Waals surface area contributed by atoms with Crippen molar-refractivity contribution in [3.63, 3.8) is 0 Å². The minimum Gasteiger partial charge on any atom is -0.380 e. The van der Waals surface area contributed by atoms with Crippen LogP contribution in [-0.2, 0) is 0 Å². The van der Waals surface area contributed by atoms with E-state index in [0.29, 0.717) is 5.92 Å². The normalized spacial score (nSPS) is 22.0. The molecule has 0 heterocycles. The third-order valence-electron chi connectivity index (χ3n) is 3.02. The third kappa shape index (κ3) is 1.41. The Morgan fingerprint density at radius 2 is 2.09 bits per heavy atom. The highest BCUT2D eigenvalue weighted by Crippen LogP contribution is 2.43. The zero-order valence-corrected chi connectivity index (χ0v) is 7.30. The van der Waals surface area contributed by atoms with Crippen LogP contribution >= 0.6 is 0 Å². The number of hydrogen-bond acceptors (Lipinski definition) is 1. The molecule has 1 saturated carbocycles. The van der Waals surface area contributed by atoms with Crippen molar-refractivity contribution >= 4 is 0 Å². The lowest BCUT2D eigenvalue weighted by Crippen LogP contribution is -2.39. The molecular weight excluding hydrogens is 136 g/mol. The Balaban J connectivity index is 2.58. The Kier molecular flexibility index (Phi) is 2.25. The van der Waals surface area contributed by atoms with Gasteiger partial charge in [0.05, 0.1) is 0 Å². The Hall–Kier alpha value is -0.480. The molecule has 1 nitrogen and oxygen atoms in total. The van der Waals surface area contributed by atoms with E-state index in [-0.39, 0.29) is 5.41 Å². The predicted molar refractivity (Wildman–Crippen MR) is 46.0 cm³/mol. The van der Waals surface area contributed by atoms with Gasteiger partial charge in [0.2, 0.25) is 0 Å². The number of rotatable bonds is 2. The van der Waals surface area contributed by atoms with Gasteiger partial charge in [0, 0.05) is 5.41 Å². The first-order valence-electron chi connectivity index (χ1n) is 4.23. The van der Waals surface area contributed by atoms with Gasteiger partial charge in [-0.3, -0.25) is 0 Å². The SMILES string of the molecule is C#CC(O)C(C)(C)C1CCC1.